The fourth-order valence-corrected chi connectivity index (χ4v) is 2.77. The number of hydrogen-bond donors (Lipinski definition) is 1. The number of pyridine rings is 1. The molecular formula is C14H18ClN3. The predicted octanol–water partition coefficient (Wildman–Crippen LogP) is 3.99. The summed E-state index contributed by atoms with van der Waals surface area (Å²) in [4.78, 5) is 4.15. The Labute approximate surface area is 113 Å². The molecule has 2 rings (SSSR count). The second kappa shape index (κ2) is 6.61. The molecule has 0 aromatic carbocycles. The van der Waals surface area contributed by atoms with E-state index in [-0.39, 0.29) is 0 Å². The molecule has 0 amide bonds. The van der Waals surface area contributed by atoms with Gasteiger partial charge in [-0.3, -0.25) is 0 Å². The number of halogens is 1. The third-order valence-corrected chi connectivity index (χ3v) is 3.69. The van der Waals surface area contributed by atoms with Gasteiger partial charge < -0.3 is 5.32 Å². The minimum atomic E-state index is 0.368. The molecular weight excluding hydrogens is 246 g/mol. The molecule has 1 aromatic heterocycles. The normalized spacial score (nSPS) is 15.6. The highest BCUT2D eigenvalue weighted by Crippen LogP contribution is 2.28. The molecule has 4 heteroatoms. The third-order valence-electron chi connectivity index (χ3n) is 3.49. The van der Waals surface area contributed by atoms with Crippen LogP contribution in [0.1, 0.15) is 44.1 Å². The SMILES string of the molecule is N#Cc1cc(Cl)nc(NCCCC2CCCC2)c1. The van der Waals surface area contributed by atoms with Crippen molar-refractivity contribution >= 4 is 17.4 Å². The van der Waals surface area contributed by atoms with E-state index in [2.05, 4.69) is 16.4 Å². The van der Waals surface area contributed by atoms with E-state index >= 15 is 0 Å². The van der Waals surface area contributed by atoms with Crippen LogP contribution in [0.25, 0.3) is 0 Å². The molecule has 3 nitrogen and oxygen atoms in total. The summed E-state index contributed by atoms with van der Waals surface area (Å²) in [6, 6.07) is 5.39. The van der Waals surface area contributed by atoms with Crippen molar-refractivity contribution in [2.45, 2.75) is 38.5 Å². The van der Waals surface area contributed by atoms with Gasteiger partial charge in [0.2, 0.25) is 0 Å². The lowest BCUT2D eigenvalue weighted by atomic mass is 10.0. The molecule has 0 saturated heterocycles. The highest BCUT2D eigenvalue weighted by molar-refractivity contribution is 6.29. The molecule has 18 heavy (non-hydrogen) atoms. The summed E-state index contributed by atoms with van der Waals surface area (Å²) in [5, 5.41) is 12.4. The summed E-state index contributed by atoms with van der Waals surface area (Å²) in [6.07, 6.45) is 8.04. The van der Waals surface area contributed by atoms with Gasteiger partial charge in [0.25, 0.3) is 0 Å². The lowest BCUT2D eigenvalue weighted by molar-refractivity contribution is 0.491. The first kappa shape index (κ1) is 13.2. The van der Waals surface area contributed by atoms with Gasteiger partial charge in [-0.15, -0.1) is 0 Å². The topological polar surface area (TPSA) is 48.7 Å². The van der Waals surface area contributed by atoms with Crippen LogP contribution in [0.5, 0.6) is 0 Å². The summed E-state index contributed by atoms with van der Waals surface area (Å²) >= 11 is 5.84. The van der Waals surface area contributed by atoms with Gasteiger partial charge in [-0.2, -0.15) is 5.26 Å². The standard InChI is InChI=1S/C14H18ClN3/c15-13-8-12(10-16)9-14(18-13)17-7-3-6-11-4-1-2-5-11/h8-9,11H,1-7H2,(H,17,18). The third kappa shape index (κ3) is 3.89. The Balaban J connectivity index is 1.75. The fourth-order valence-electron chi connectivity index (χ4n) is 2.56. The summed E-state index contributed by atoms with van der Waals surface area (Å²) in [7, 11) is 0. The van der Waals surface area contributed by atoms with Crippen LogP contribution in [0.2, 0.25) is 5.15 Å². The first-order valence-corrected chi connectivity index (χ1v) is 6.97. The summed E-state index contributed by atoms with van der Waals surface area (Å²) in [6.45, 7) is 0.898. The average Bonchev–Trinajstić information content (AvgIpc) is 2.87. The van der Waals surface area contributed by atoms with E-state index in [1.807, 2.05) is 0 Å². The van der Waals surface area contributed by atoms with Gasteiger partial charge in [-0.1, -0.05) is 37.3 Å². The van der Waals surface area contributed by atoms with E-state index in [9.17, 15) is 0 Å². The maximum absolute atomic E-state index is 8.84. The van der Waals surface area contributed by atoms with Gasteiger partial charge >= 0.3 is 0 Å². The van der Waals surface area contributed by atoms with Crippen molar-refractivity contribution in [3.8, 4) is 6.07 Å². The Morgan fingerprint density at radius 2 is 2.17 bits per heavy atom. The van der Waals surface area contributed by atoms with Crippen molar-refractivity contribution in [3.05, 3.63) is 22.8 Å². The number of nitriles is 1. The zero-order valence-corrected chi connectivity index (χ0v) is 11.2. The molecule has 0 bridgehead atoms. The molecule has 1 aromatic rings. The quantitative estimate of drug-likeness (QED) is 0.645. The highest BCUT2D eigenvalue weighted by atomic mass is 35.5. The molecule has 0 spiro atoms. The molecule has 1 fully saturated rings. The average molecular weight is 264 g/mol. The van der Waals surface area contributed by atoms with Crippen LogP contribution >= 0.6 is 11.6 Å². The first-order valence-electron chi connectivity index (χ1n) is 6.59. The lowest BCUT2D eigenvalue weighted by Gasteiger charge is -2.09. The Bertz CT molecular complexity index is 433. The molecule has 1 aliphatic rings. The number of anilines is 1. The minimum absolute atomic E-state index is 0.368. The largest absolute Gasteiger partial charge is 0.370 e. The van der Waals surface area contributed by atoms with Crippen molar-refractivity contribution in [1.82, 2.24) is 4.98 Å². The maximum Gasteiger partial charge on any atom is 0.132 e. The molecule has 1 saturated carbocycles. The summed E-state index contributed by atoms with van der Waals surface area (Å²) < 4.78 is 0. The Kier molecular flexibility index (Phi) is 4.83. The van der Waals surface area contributed by atoms with Crippen molar-refractivity contribution in [1.29, 1.82) is 5.26 Å². The molecule has 1 aliphatic carbocycles. The molecule has 0 atom stereocenters. The lowest BCUT2D eigenvalue weighted by Crippen LogP contribution is -2.05. The van der Waals surface area contributed by atoms with Crippen LogP contribution in [0.3, 0.4) is 0 Å². The molecule has 1 N–H and O–H groups in total. The Morgan fingerprint density at radius 3 is 2.89 bits per heavy atom. The number of hydrogen-bond acceptors (Lipinski definition) is 3. The Morgan fingerprint density at radius 1 is 1.39 bits per heavy atom. The van der Waals surface area contributed by atoms with Crippen molar-refractivity contribution in [2.24, 2.45) is 5.92 Å². The molecule has 96 valence electrons. The van der Waals surface area contributed by atoms with E-state index in [0.717, 1.165) is 18.9 Å². The van der Waals surface area contributed by atoms with Crippen molar-refractivity contribution < 1.29 is 0 Å². The van der Waals surface area contributed by atoms with E-state index in [1.165, 1.54) is 32.1 Å². The predicted molar refractivity (Wildman–Crippen MR) is 73.6 cm³/mol. The fraction of sp³-hybridized carbons (Fsp3) is 0.571. The van der Waals surface area contributed by atoms with Gasteiger partial charge in [0.1, 0.15) is 11.0 Å². The van der Waals surface area contributed by atoms with Gasteiger partial charge in [-0.25, -0.2) is 4.98 Å². The van der Waals surface area contributed by atoms with Crippen molar-refractivity contribution in [2.75, 3.05) is 11.9 Å². The molecule has 0 aliphatic heterocycles. The zero-order valence-electron chi connectivity index (χ0n) is 10.5. The van der Waals surface area contributed by atoms with Gasteiger partial charge in [0.15, 0.2) is 0 Å². The van der Waals surface area contributed by atoms with Gasteiger partial charge in [0, 0.05) is 6.54 Å². The first-order chi connectivity index (χ1) is 8.78. The van der Waals surface area contributed by atoms with Crippen LogP contribution in [0, 0.1) is 17.2 Å². The molecule has 0 unspecified atom stereocenters. The van der Waals surface area contributed by atoms with Gasteiger partial charge in [-0.05, 0) is 30.9 Å². The number of nitrogens with one attached hydrogen (secondary N) is 1. The van der Waals surface area contributed by atoms with Crippen LogP contribution in [0.15, 0.2) is 12.1 Å². The Hall–Kier alpha value is -1.27. The smallest absolute Gasteiger partial charge is 0.132 e. The summed E-state index contributed by atoms with van der Waals surface area (Å²) in [5.74, 6) is 1.62. The van der Waals surface area contributed by atoms with Crippen LogP contribution in [0.4, 0.5) is 5.82 Å². The highest BCUT2D eigenvalue weighted by Gasteiger charge is 2.13. The minimum Gasteiger partial charge on any atom is -0.370 e. The summed E-state index contributed by atoms with van der Waals surface area (Å²) in [5.41, 5.74) is 0.549. The van der Waals surface area contributed by atoms with Gasteiger partial charge in [0.05, 0.1) is 11.6 Å². The molecule has 0 radical (unpaired) electrons. The van der Waals surface area contributed by atoms with E-state index in [0.29, 0.717) is 16.5 Å². The number of aromatic nitrogens is 1. The maximum atomic E-state index is 8.84. The molecule has 1 heterocycles. The monoisotopic (exact) mass is 263 g/mol. The zero-order chi connectivity index (χ0) is 12.8. The van der Waals surface area contributed by atoms with Crippen LogP contribution < -0.4 is 5.32 Å². The van der Waals surface area contributed by atoms with E-state index in [4.69, 9.17) is 16.9 Å². The second-order valence-electron chi connectivity index (χ2n) is 4.90. The van der Waals surface area contributed by atoms with Crippen LogP contribution in [-0.2, 0) is 0 Å². The van der Waals surface area contributed by atoms with E-state index < -0.39 is 0 Å². The van der Waals surface area contributed by atoms with E-state index in [1.54, 1.807) is 12.1 Å². The van der Waals surface area contributed by atoms with Crippen LogP contribution in [-0.4, -0.2) is 11.5 Å². The van der Waals surface area contributed by atoms with Crippen molar-refractivity contribution in [3.63, 3.8) is 0 Å². The number of rotatable bonds is 5. The second-order valence-corrected chi connectivity index (χ2v) is 5.28. The number of nitrogens with zero attached hydrogens (tertiary/aromatic N) is 2.